The van der Waals surface area contributed by atoms with Crippen molar-refractivity contribution in [2.24, 2.45) is 11.8 Å². The first-order valence-electron chi connectivity index (χ1n) is 6.55. The maximum absolute atomic E-state index is 9.88. The number of rotatable bonds is 6. The van der Waals surface area contributed by atoms with Gasteiger partial charge in [-0.1, -0.05) is 26.7 Å². The van der Waals surface area contributed by atoms with Crippen molar-refractivity contribution in [1.29, 1.82) is 0 Å². The molecule has 3 unspecified atom stereocenters. The van der Waals surface area contributed by atoms with Gasteiger partial charge in [-0.2, -0.15) is 0 Å². The Hall–Kier alpha value is -0.120. The molecule has 0 amide bonds. The van der Waals surface area contributed by atoms with E-state index in [0.717, 1.165) is 26.0 Å². The lowest BCUT2D eigenvalue weighted by molar-refractivity contribution is 0.0627. The molecular weight excluding hydrogens is 202 g/mol. The van der Waals surface area contributed by atoms with Crippen molar-refractivity contribution in [1.82, 2.24) is 5.32 Å². The van der Waals surface area contributed by atoms with Crippen molar-refractivity contribution in [3.8, 4) is 0 Å². The van der Waals surface area contributed by atoms with Crippen LogP contribution < -0.4 is 5.32 Å². The average molecular weight is 229 g/mol. The summed E-state index contributed by atoms with van der Waals surface area (Å²) in [5.74, 6) is 1.01. The fourth-order valence-corrected chi connectivity index (χ4v) is 2.40. The summed E-state index contributed by atoms with van der Waals surface area (Å²) in [7, 11) is 1.74. The number of hydrogen-bond acceptors (Lipinski definition) is 3. The van der Waals surface area contributed by atoms with Crippen LogP contribution in [0.4, 0.5) is 0 Å². The summed E-state index contributed by atoms with van der Waals surface area (Å²) in [5.41, 5.74) is 0. The number of methoxy groups -OCH3 is 1. The van der Waals surface area contributed by atoms with Crippen LogP contribution in [0.1, 0.15) is 39.5 Å². The zero-order chi connectivity index (χ0) is 12.0. The van der Waals surface area contributed by atoms with Crippen LogP contribution in [-0.2, 0) is 4.74 Å². The molecule has 0 heterocycles. The molecule has 0 radical (unpaired) electrons. The Bertz CT molecular complexity index is 181. The number of ether oxygens (including phenoxy) is 1. The minimum atomic E-state index is -0.100. The maximum atomic E-state index is 9.88. The molecule has 3 heteroatoms. The van der Waals surface area contributed by atoms with Crippen molar-refractivity contribution in [2.45, 2.75) is 51.7 Å². The van der Waals surface area contributed by atoms with E-state index >= 15 is 0 Å². The molecule has 0 spiro atoms. The molecule has 0 bridgehead atoms. The average Bonchev–Trinajstić information content (AvgIpc) is 2.26. The third kappa shape index (κ3) is 4.40. The van der Waals surface area contributed by atoms with Gasteiger partial charge in [0.15, 0.2) is 0 Å². The van der Waals surface area contributed by atoms with Gasteiger partial charge in [0, 0.05) is 19.7 Å². The van der Waals surface area contributed by atoms with Crippen molar-refractivity contribution < 1.29 is 9.84 Å². The van der Waals surface area contributed by atoms with Crippen LogP contribution in [0.3, 0.4) is 0 Å². The molecule has 0 aromatic rings. The van der Waals surface area contributed by atoms with E-state index in [1.165, 1.54) is 12.8 Å². The van der Waals surface area contributed by atoms with E-state index in [1.807, 2.05) is 0 Å². The fourth-order valence-electron chi connectivity index (χ4n) is 2.40. The molecule has 1 aliphatic carbocycles. The molecule has 1 aliphatic rings. The summed E-state index contributed by atoms with van der Waals surface area (Å²) < 4.78 is 5.21. The molecule has 0 aromatic heterocycles. The SMILES string of the molecule is COCC(NCC1CCCCC1O)C(C)C. The van der Waals surface area contributed by atoms with E-state index in [9.17, 15) is 5.11 Å². The van der Waals surface area contributed by atoms with Gasteiger partial charge in [0.2, 0.25) is 0 Å². The summed E-state index contributed by atoms with van der Waals surface area (Å²) in [6, 6.07) is 0.402. The number of hydrogen-bond donors (Lipinski definition) is 2. The van der Waals surface area contributed by atoms with Crippen molar-refractivity contribution >= 4 is 0 Å². The largest absolute Gasteiger partial charge is 0.393 e. The Labute approximate surface area is 99.6 Å². The van der Waals surface area contributed by atoms with Crippen LogP contribution in [0, 0.1) is 11.8 Å². The smallest absolute Gasteiger partial charge is 0.0618 e. The molecule has 3 atom stereocenters. The summed E-state index contributed by atoms with van der Waals surface area (Å²) in [6.45, 7) is 6.08. The highest BCUT2D eigenvalue weighted by molar-refractivity contribution is 4.79. The van der Waals surface area contributed by atoms with Gasteiger partial charge in [0.25, 0.3) is 0 Å². The van der Waals surface area contributed by atoms with Gasteiger partial charge in [-0.05, 0) is 24.7 Å². The molecule has 3 nitrogen and oxygen atoms in total. The molecule has 1 rings (SSSR count). The minimum absolute atomic E-state index is 0.100. The topological polar surface area (TPSA) is 41.5 Å². The quantitative estimate of drug-likeness (QED) is 0.730. The summed E-state index contributed by atoms with van der Waals surface area (Å²) in [4.78, 5) is 0. The lowest BCUT2D eigenvalue weighted by Gasteiger charge is -2.30. The zero-order valence-electron chi connectivity index (χ0n) is 10.9. The highest BCUT2D eigenvalue weighted by atomic mass is 16.5. The molecule has 1 saturated carbocycles. The predicted molar refractivity (Wildman–Crippen MR) is 66.5 cm³/mol. The van der Waals surface area contributed by atoms with Gasteiger partial charge in [0.05, 0.1) is 12.7 Å². The van der Waals surface area contributed by atoms with Crippen LogP contribution in [0.2, 0.25) is 0 Å². The van der Waals surface area contributed by atoms with E-state index in [2.05, 4.69) is 19.2 Å². The second-order valence-corrected chi connectivity index (χ2v) is 5.33. The lowest BCUT2D eigenvalue weighted by Crippen LogP contribution is -2.43. The van der Waals surface area contributed by atoms with Gasteiger partial charge in [-0.25, -0.2) is 0 Å². The Morgan fingerprint density at radius 3 is 2.56 bits per heavy atom. The van der Waals surface area contributed by atoms with Gasteiger partial charge in [-0.3, -0.25) is 0 Å². The Morgan fingerprint density at radius 2 is 2.00 bits per heavy atom. The van der Waals surface area contributed by atoms with Crippen LogP contribution in [0.15, 0.2) is 0 Å². The highest BCUT2D eigenvalue weighted by Crippen LogP contribution is 2.23. The van der Waals surface area contributed by atoms with E-state index in [4.69, 9.17) is 4.74 Å². The zero-order valence-corrected chi connectivity index (χ0v) is 10.9. The fraction of sp³-hybridized carbons (Fsp3) is 1.00. The maximum Gasteiger partial charge on any atom is 0.0618 e. The third-order valence-corrected chi connectivity index (χ3v) is 3.66. The molecule has 0 aliphatic heterocycles. The number of aliphatic hydroxyl groups is 1. The molecular formula is C13H27NO2. The van der Waals surface area contributed by atoms with Gasteiger partial charge in [-0.15, -0.1) is 0 Å². The molecule has 1 fully saturated rings. The monoisotopic (exact) mass is 229 g/mol. The lowest BCUT2D eigenvalue weighted by atomic mass is 9.86. The molecule has 96 valence electrons. The van der Waals surface area contributed by atoms with Crippen LogP contribution in [0.25, 0.3) is 0 Å². The summed E-state index contributed by atoms with van der Waals surface area (Å²) in [5, 5.41) is 13.4. The Balaban J connectivity index is 2.29. The standard InChI is InChI=1S/C13H27NO2/c1-10(2)12(9-16-3)14-8-11-6-4-5-7-13(11)15/h10-15H,4-9H2,1-3H3. The Morgan fingerprint density at radius 1 is 1.31 bits per heavy atom. The highest BCUT2D eigenvalue weighted by Gasteiger charge is 2.24. The van der Waals surface area contributed by atoms with Crippen LogP contribution >= 0.6 is 0 Å². The second-order valence-electron chi connectivity index (χ2n) is 5.33. The third-order valence-electron chi connectivity index (χ3n) is 3.66. The first-order chi connectivity index (χ1) is 7.65. The van der Waals surface area contributed by atoms with Crippen molar-refractivity contribution in [2.75, 3.05) is 20.3 Å². The second kappa shape index (κ2) is 7.25. The summed E-state index contributed by atoms with van der Waals surface area (Å²) >= 11 is 0. The minimum Gasteiger partial charge on any atom is -0.393 e. The Kier molecular flexibility index (Phi) is 6.32. The van der Waals surface area contributed by atoms with Crippen molar-refractivity contribution in [3.63, 3.8) is 0 Å². The van der Waals surface area contributed by atoms with Crippen LogP contribution in [-0.4, -0.2) is 37.5 Å². The van der Waals surface area contributed by atoms with Gasteiger partial charge >= 0.3 is 0 Å². The van der Waals surface area contributed by atoms with Gasteiger partial charge < -0.3 is 15.2 Å². The van der Waals surface area contributed by atoms with E-state index in [-0.39, 0.29) is 6.10 Å². The molecule has 0 saturated heterocycles. The normalized spacial score (nSPS) is 28.3. The van der Waals surface area contributed by atoms with E-state index < -0.39 is 0 Å². The molecule has 16 heavy (non-hydrogen) atoms. The first kappa shape index (κ1) is 13.9. The molecule has 2 N–H and O–H groups in total. The first-order valence-corrected chi connectivity index (χ1v) is 6.55. The number of aliphatic hydroxyl groups excluding tert-OH is 1. The van der Waals surface area contributed by atoms with Crippen molar-refractivity contribution in [3.05, 3.63) is 0 Å². The van der Waals surface area contributed by atoms with Crippen LogP contribution in [0.5, 0.6) is 0 Å². The summed E-state index contributed by atoms with van der Waals surface area (Å²) in [6.07, 6.45) is 4.48. The van der Waals surface area contributed by atoms with E-state index in [1.54, 1.807) is 7.11 Å². The molecule has 0 aromatic carbocycles. The van der Waals surface area contributed by atoms with E-state index in [0.29, 0.717) is 17.9 Å². The number of nitrogens with one attached hydrogen (secondary N) is 1. The predicted octanol–water partition coefficient (Wildman–Crippen LogP) is 1.80. The van der Waals surface area contributed by atoms with Gasteiger partial charge in [0.1, 0.15) is 0 Å².